The van der Waals surface area contributed by atoms with Crippen molar-refractivity contribution in [1.82, 2.24) is 10.3 Å². The second-order valence-electron chi connectivity index (χ2n) is 7.36. The fraction of sp³-hybridized carbons (Fsp3) is 0.300. The van der Waals surface area contributed by atoms with Crippen molar-refractivity contribution in [2.24, 2.45) is 0 Å². The van der Waals surface area contributed by atoms with Crippen LogP contribution in [0.5, 0.6) is 0 Å². The molecule has 0 saturated heterocycles. The number of hydrogen-bond acceptors (Lipinski definition) is 7. The molecular formula is C20H21FIN3O6S2. The molecule has 0 spiro atoms. The van der Waals surface area contributed by atoms with Crippen LogP contribution < -0.4 is 9.62 Å². The minimum absolute atomic E-state index is 0.0140. The molecule has 0 bridgehead atoms. The Bertz CT molecular complexity index is 1420. The maximum absolute atomic E-state index is 13.4. The average molecular weight is 609 g/mol. The molecule has 0 aliphatic carbocycles. The average Bonchev–Trinajstić information content (AvgIpc) is 3.07. The summed E-state index contributed by atoms with van der Waals surface area (Å²) in [5.74, 6) is -0.876. The molecule has 33 heavy (non-hydrogen) atoms. The molecule has 0 saturated carbocycles. The molecule has 0 unspecified atom stereocenters. The molecule has 1 N–H and O–H groups in total. The normalized spacial score (nSPS) is 12.2. The van der Waals surface area contributed by atoms with Crippen LogP contribution in [0.4, 0.5) is 10.2 Å². The van der Waals surface area contributed by atoms with Gasteiger partial charge in [-0.3, -0.25) is 9.10 Å². The number of furan rings is 1. The van der Waals surface area contributed by atoms with E-state index in [4.69, 9.17) is 4.42 Å². The van der Waals surface area contributed by atoms with E-state index in [9.17, 15) is 26.0 Å². The SMILES string of the molecule is CNC(=O)c1c(-c2ccc(F)cc2)oc2nc(N(CCCS(C)(=O)=O)S(C)(=O)=O)c(I)cc12. The van der Waals surface area contributed by atoms with E-state index in [1.165, 1.54) is 31.3 Å². The summed E-state index contributed by atoms with van der Waals surface area (Å²) in [6, 6.07) is 6.95. The minimum atomic E-state index is -3.80. The molecule has 178 valence electrons. The molecule has 1 aromatic carbocycles. The van der Waals surface area contributed by atoms with Crippen LogP contribution in [0.25, 0.3) is 22.4 Å². The van der Waals surface area contributed by atoms with Crippen molar-refractivity contribution in [2.45, 2.75) is 6.42 Å². The fourth-order valence-electron chi connectivity index (χ4n) is 3.22. The first kappa shape index (κ1) is 25.4. The molecule has 0 fully saturated rings. The number of carbonyl (C=O) groups excluding carboxylic acids is 1. The number of amides is 1. The summed E-state index contributed by atoms with van der Waals surface area (Å²) in [7, 11) is -5.62. The van der Waals surface area contributed by atoms with Crippen molar-refractivity contribution < 1.29 is 30.4 Å². The van der Waals surface area contributed by atoms with E-state index in [2.05, 4.69) is 10.3 Å². The second-order valence-corrected chi connectivity index (χ2v) is 12.7. The van der Waals surface area contributed by atoms with Gasteiger partial charge in [0.15, 0.2) is 5.82 Å². The Balaban J connectivity index is 2.17. The zero-order chi connectivity index (χ0) is 24.6. The van der Waals surface area contributed by atoms with Gasteiger partial charge in [0.05, 0.1) is 26.5 Å². The van der Waals surface area contributed by atoms with Gasteiger partial charge in [-0.25, -0.2) is 21.2 Å². The van der Waals surface area contributed by atoms with E-state index in [-0.39, 0.29) is 41.6 Å². The third-order valence-corrected chi connectivity index (χ3v) is 7.67. The van der Waals surface area contributed by atoms with Crippen molar-refractivity contribution in [3.8, 4) is 11.3 Å². The van der Waals surface area contributed by atoms with Gasteiger partial charge in [-0.1, -0.05) is 0 Å². The van der Waals surface area contributed by atoms with Crippen molar-refractivity contribution in [1.29, 1.82) is 0 Å². The lowest BCUT2D eigenvalue weighted by Crippen LogP contribution is -2.33. The number of carbonyl (C=O) groups is 1. The second kappa shape index (κ2) is 9.54. The topological polar surface area (TPSA) is 127 Å². The summed E-state index contributed by atoms with van der Waals surface area (Å²) < 4.78 is 68.5. The highest BCUT2D eigenvalue weighted by Gasteiger charge is 2.27. The maximum atomic E-state index is 13.4. The lowest BCUT2D eigenvalue weighted by molar-refractivity contribution is 0.0964. The van der Waals surface area contributed by atoms with Gasteiger partial charge in [-0.05, 0) is 59.3 Å². The third-order valence-electron chi connectivity index (χ3n) is 4.69. The number of nitrogens with one attached hydrogen (secondary N) is 1. The fourth-order valence-corrected chi connectivity index (χ4v) is 5.67. The summed E-state index contributed by atoms with van der Waals surface area (Å²) in [4.78, 5) is 17.0. The number of rotatable bonds is 8. The van der Waals surface area contributed by atoms with Gasteiger partial charge in [0.25, 0.3) is 5.91 Å². The molecule has 9 nitrogen and oxygen atoms in total. The lowest BCUT2D eigenvalue weighted by Gasteiger charge is -2.22. The van der Waals surface area contributed by atoms with Crippen molar-refractivity contribution in [3.63, 3.8) is 0 Å². The quantitative estimate of drug-likeness (QED) is 0.390. The number of sulfone groups is 1. The van der Waals surface area contributed by atoms with E-state index < -0.39 is 31.6 Å². The molecule has 2 aromatic heterocycles. The first-order valence-electron chi connectivity index (χ1n) is 9.58. The van der Waals surface area contributed by atoms with Crippen LogP contribution in [-0.4, -0.2) is 59.6 Å². The summed E-state index contributed by atoms with van der Waals surface area (Å²) in [6.45, 7) is -0.103. The van der Waals surface area contributed by atoms with Gasteiger partial charge in [0.2, 0.25) is 15.7 Å². The summed E-state index contributed by atoms with van der Waals surface area (Å²) in [6.07, 6.45) is 2.15. The first-order valence-corrected chi connectivity index (χ1v) is 14.6. The van der Waals surface area contributed by atoms with Gasteiger partial charge in [0.1, 0.15) is 21.4 Å². The molecule has 0 atom stereocenters. The molecule has 1 amide bonds. The van der Waals surface area contributed by atoms with E-state index in [1.54, 1.807) is 6.07 Å². The molecule has 3 aromatic rings. The number of anilines is 1. The van der Waals surface area contributed by atoms with Crippen molar-refractivity contribution in [3.05, 3.63) is 45.3 Å². The molecule has 0 aliphatic rings. The Kier molecular flexibility index (Phi) is 7.33. The number of fused-ring (bicyclic) bond motifs is 1. The van der Waals surface area contributed by atoms with Gasteiger partial charge < -0.3 is 9.73 Å². The van der Waals surface area contributed by atoms with E-state index in [0.29, 0.717) is 14.5 Å². The largest absolute Gasteiger partial charge is 0.437 e. The van der Waals surface area contributed by atoms with E-state index in [1.807, 2.05) is 22.6 Å². The highest BCUT2D eigenvalue weighted by molar-refractivity contribution is 14.1. The number of sulfonamides is 1. The standard InChI is InChI=1S/C20H21FIN3O6S2/c1-23-19(26)16-14-11-15(22)18(25(33(3,29)30)9-4-10-32(2,27)28)24-20(14)31-17(16)12-5-7-13(21)8-6-12/h5-8,11H,4,9-10H2,1-3H3,(H,23,26). The van der Waals surface area contributed by atoms with Crippen LogP contribution in [0.15, 0.2) is 34.7 Å². The molecule has 0 radical (unpaired) electrons. The number of nitrogens with zero attached hydrogens (tertiary/aromatic N) is 2. The Morgan fingerprint density at radius 2 is 1.82 bits per heavy atom. The minimum Gasteiger partial charge on any atom is -0.437 e. The Labute approximate surface area is 204 Å². The number of benzene rings is 1. The number of pyridine rings is 1. The monoisotopic (exact) mass is 609 g/mol. The lowest BCUT2D eigenvalue weighted by atomic mass is 10.1. The van der Waals surface area contributed by atoms with Crippen LogP contribution in [0.3, 0.4) is 0 Å². The zero-order valence-corrected chi connectivity index (χ0v) is 21.7. The van der Waals surface area contributed by atoms with Crippen molar-refractivity contribution in [2.75, 3.05) is 36.2 Å². The Morgan fingerprint density at radius 3 is 2.36 bits per heavy atom. The smallest absolute Gasteiger partial charge is 0.255 e. The van der Waals surface area contributed by atoms with E-state index in [0.717, 1.165) is 16.8 Å². The van der Waals surface area contributed by atoms with Crippen LogP contribution in [0, 0.1) is 9.39 Å². The summed E-state index contributed by atoms with van der Waals surface area (Å²) in [5.41, 5.74) is 0.636. The highest BCUT2D eigenvalue weighted by atomic mass is 127. The van der Waals surface area contributed by atoms with Gasteiger partial charge in [-0.15, -0.1) is 0 Å². The summed E-state index contributed by atoms with van der Waals surface area (Å²) >= 11 is 1.90. The Morgan fingerprint density at radius 1 is 1.18 bits per heavy atom. The predicted octanol–water partition coefficient (Wildman–Crippen LogP) is 2.80. The van der Waals surface area contributed by atoms with Gasteiger partial charge in [0, 0.05) is 25.4 Å². The molecule has 13 heteroatoms. The molecule has 0 aliphatic heterocycles. The van der Waals surface area contributed by atoms with Crippen LogP contribution in [0.1, 0.15) is 16.8 Å². The highest BCUT2D eigenvalue weighted by Crippen LogP contribution is 2.36. The summed E-state index contributed by atoms with van der Waals surface area (Å²) in [5, 5.41) is 2.89. The van der Waals surface area contributed by atoms with Crippen LogP contribution >= 0.6 is 22.6 Å². The number of hydrogen-bond donors (Lipinski definition) is 1. The predicted molar refractivity (Wildman–Crippen MR) is 132 cm³/mol. The number of halogens is 2. The molecular weight excluding hydrogens is 588 g/mol. The third kappa shape index (κ3) is 5.81. The van der Waals surface area contributed by atoms with Gasteiger partial charge in [-0.2, -0.15) is 4.98 Å². The van der Waals surface area contributed by atoms with Crippen LogP contribution in [-0.2, 0) is 19.9 Å². The molecule has 3 rings (SSSR count). The number of aromatic nitrogens is 1. The zero-order valence-electron chi connectivity index (χ0n) is 17.9. The first-order chi connectivity index (χ1) is 15.3. The maximum Gasteiger partial charge on any atom is 0.255 e. The van der Waals surface area contributed by atoms with Gasteiger partial charge >= 0.3 is 0 Å². The Hall–Kier alpha value is -2.26. The van der Waals surface area contributed by atoms with Crippen LogP contribution in [0.2, 0.25) is 0 Å². The van der Waals surface area contributed by atoms with E-state index >= 15 is 0 Å². The van der Waals surface area contributed by atoms with Crippen molar-refractivity contribution >= 4 is 65.3 Å². The molecule has 2 heterocycles.